The van der Waals surface area contributed by atoms with Gasteiger partial charge >= 0.3 is 0 Å². The van der Waals surface area contributed by atoms with E-state index < -0.39 is 0 Å². The average molecular weight is 372 g/mol. The molecule has 0 spiro atoms. The van der Waals surface area contributed by atoms with Crippen LogP contribution in [0.1, 0.15) is 25.0 Å². The van der Waals surface area contributed by atoms with Crippen molar-refractivity contribution < 1.29 is 14.2 Å². The van der Waals surface area contributed by atoms with Crippen molar-refractivity contribution in [3.05, 3.63) is 35.4 Å². The summed E-state index contributed by atoms with van der Waals surface area (Å²) in [7, 11) is 3.40. The first-order valence-electron chi connectivity index (χ1n) is 7.70. The minimum Gasteiger partial charge on any atom is -0.364 e. The van der Waals surface area contributed by atoms with Gasteiger partial charge in [0.15, 0.2) is 5.01 Å². The molecule has 1 aromatic carbocycles. The molecule has 3 atom stereocenters. The monoisotopic (exact) mass is 371 g/mol. The van der Waals surface area contributed by atoms with Gasteiger partial charge in [0.05, 0.1) is 6.61 Å². The molecule has 2 rings (SSSR count). The summed E-state index contributed by atoms with van der Waals surface area (Å²) in [5.41, 5.74) is 2.63. The Bertz CT molecular complexity index is 452. The lowest BCUT2D eigenvalue weighted by Gasteiger charge is -2.42. The Labute approximate surface area is 141 Å². The molecule has 1 fully saturated rings. The zero-order valence-electron chi connectivity index (χ0n) is 13.8. The Balaban J connectivity index is 2.08. The van der Waals surface area contributed by atoms with Crippen LogP contribution in [0.5, 0.6) is 0 Å². The minimum atomic E-state index is -0.172. The Morgan fingerprint density at radius 2 is 1.82 bits per heavy atom. The molecule has 5 heteroatoms. The van der Waals surface area contributed by atoms with E-state index in [0.717, 1.165) is 13.0 Å². The van der Waals surface area contributed by atoms with Gasteiger partial charge in [0.25, 0.3) is 0 Å². The summed E-state index contributed by atoms with van der Waals surface area (Å²) >= 11 is 3.52. The molecule has 1 saturated heterocycles. The van der Waals surface area contributed by atoms with Gasteiger partial charge in [-0.3, -0.25) is 0 Å². The zero-order chi connectivity index (χ0) is 16.1. The van der Waals surface area contributed by atoms with E-state index in [1.807, 2.05) is 0 Å². The van der Waals surface area contributed by atoms with Gasteiger partial charge in [-0.15, -0.1) is 0 Å². The highest BCUT2D eigenvalue weighted by atomic mass is 79.9. The number of benzene rings is 1. The van der Waals surface area contributed by atoms with Crippen LogP contribution in [0.3, 0.4) is 0 Å². The van der Waals surface area contributed by atoms with Crippen molar-refractivity contribution in [2.45, 2.75) is 44.3 Å². The van der Waals surface area contributed by atoms with Crippen LogP contribution in [-0.2, 0) is 27.2 Å². The average Bonchev–Trinajstić information content (AvgIpc) is 2.49. The summed E-state index contributed by atoms with van der Waals surface area (Å²) in [6.45, 7) is 5.77. The Kier molecular flexibility index (Phi) is 6.84. The van der Waals surface area contributed by atoms with E-state index in [-0.39, 0.29) is 17.5 Å². The number of halogens is 1. The van der Waals surface area contributed by atoms with Gasteiger partial charge in [-0.2, -0.15) is 0 Å². The third kappa shape index (κ3) is 4.52. The number of morpholine rings is 1. The lowest BCUT2D eigenvalue weighted by atomic mass is 10.0. The second-order valence-electron chi connectivity index (χ2n) is 6.09. The van der Waals surface area contributed by atoms with Crippen molar-refractivity contribution in [2.24, 2.45) is 5.92 Å². The van der Waals surface area contributed by atoms with E-state index in [1.54, 1.807) is 14.2 Å². The van der Waals surface area contributed by atoms with Crippen molar-refractivity contribution in [1.82, 2.24) is 4.90 Å². The highest BCUT2D eigenvalue weighted by Gasteiger charge is 2.37. The fourth-order valence-corrected chi connectivity index (χ4v) is 3.44. The number of rotatable bonds is 6. The summed E-state index contributed by atoms with van der Waals surface area (Å²) < 4.78 is 16.7. The first-order chi connectivity index (χ1) is 10.5. The second kappa shape index (κ2) is 8.41. The fourth-order valence-electron chi connectivity index (χ4n) is 2.77. The molecule has 22 heavy (non-hydrogen) atoms. The van der Waals surface area contributed by atoms with Crippen molar-refractivity contribution in [1.29, 1.82) is 0 Å². The molecule has 0 bridgehead atoms. The van der Waals surface area contributed by atoms with Gasteiger partial charge in [-0.25, -0.2) is 4.90 Å². The van der Waals surface area contributed by atoms with Gasteiger partial charge in [0, 0.05) is 20.8 Å². The molecule has 0 saturated carbocycles. The van der Waals surface area contributed by atoms with E-state index in [4.69, 9.17) is 14.2 Å². The maximum absolute atomic E-state index is 5.64. The molecular formula is C17H26BrNO3. The number of hydrogen-bond donors (Lipinski definition) is 0. The van der Waals surface area contributed by atoms with Gasteiger partial charge in [-0.1, -0.05) is 54.0 Å². The summed E-state index contributed by atoms with van der Waals surface area (Å²) in [4.78, 5) is 2.18. The van der Waals surface area contributed by atoms with Crippen LogP contribution in [0, 0.1) is 5.92 Å². The van der Waals surface area contributed by atoms with Gasteiger partial charge in [0.2, 0.25) is 0 Å². The van der Waals surface area contributed by atoms with Crippen LogP contribution in [0.25, 0.3) is 0 Å². The highest BCUT2D eigenvalue weighted by Crippen LogP contribution is 2.26. The largest absolute Gasteiger partial charge is 0.364 e. The summed E-state index contributed by atoms with van der Waals surface area (Å²) in [5, 5.41) is -0.149. The predicted octanol–water partition coefficient (Wildman–Crippen LogP) is 3.38. The smallest absolute Gasteiger partial charge is 0.152 e. The van der Waals surface area contributed by atoms with Crippen molar-refractivity contribution in [3.63, 3.8) is 0 Å². The maximum Gasteiger partial charge on any atom is 0.152 e. The maximum atomic E-state index is 5.64. The number of methoxy groups -OCH3 is 2. The normalized spacial score (nSPS) is 26.5. The fraction of sp³-hybridized carbons (Fsp3) is 0.647. The Morgan fingerprint density at radius 3 is 2.36 bits per heavy atom. The first-order valence-corrected chi connectivity index (χ1v) is 8.61. The SMILES string of the molecule is COC1COC(Br)C(OC)N1Cc1ccc(CC(C)C)cc1. The van der Waals surface area contributed by atoms with Crippen LogP contribution < -0.4 is 0 Å². The number of ether oxygens (including phenoxy) is 3. The molecule has 0 aliphatic carbocycles. The summed E-state index contributed by atoms with van der Waals surface area (Å²) in [6, 6.07) is 8.81. The van der Waals surface area contributed by atoms with Crippen molar-refractivity contribution in [3.8, 4) is 0 Å². The first kappa shape index (κ1) is 17.9. The third-order valence-electron chi connectivity index (χ3n) is 3.86. The van der Waals surface area contributed by atoms with E-state index in [0.29, 0.717) is 12.5 Å². The standard InChI is InChI=1S/C17H26BrNO3/c1-12(2)9-13-5-7-14(8-6-13)10-19-15(20-3)11-22-16(18)17(19)21-4/h5-8,12,15-17H,9-11H2,1-4H3. The van der Waals surface area contributed by atoms with Crippen LogP contribution >= 0.6 is 15.9 Å². The quantitative estimate of drug-likeness (QED) is 0.717. The van der Waals surface area contributed by atoms with Crippen molar-refractivity contribution >= 4 is 15.9 Å². The Hall–Kier alpha value is -0.460. The number of nitrogens with zero attached hydrogens (tertiary/aromatic N) is 1. The molecule has 0 amide bonds. The molecule has 4 nitrogen and oxygen atoms in total. The summed E-state index contributed by atoms with van der Waals surface area (Å²) in [5.74, 6) is 0.676. The molecule has 0 aromatic heterocycles. The molecule has 1 aromatic rings. The second-order valence-corrected chi connectivity index (χ2v) is 6.99. The molecular weight excluding hydrogens is 346 g/mol. The molecule has 0 radical (unpaired) electrons. The molecule has 3 unspecified atom stereocenters. The van der Waals surface area contributed by atoms with Crippen LogP contribution in [0.2, 0.25) is 0 Å². The van der Waals surface area contributed by atoms with E-state index >= 15 is 0 Å². The molecule has 124 valence electrons. The molecule has 1 aliphatic rings. The van der Waals surface area contributed by atoms with E-state index in [1.165, 1.54) is 11.1 Å². The van der Waals surface area contributed by atoms with Crippen LogP contribution in [0.4, 0.5) is 0 Å². The van der Waals surface area contributed by atoms with Crippen LogP contribution in [-0.4, -0.2) is 43.2 Å². The van der Waals surface area contributed by atoms with Gasteiger partial charge in [0.1, 0.15) is 12.5 Å². The number of hydrogen-bond acceptors (Lipinski definition) is 4. The van der Waals surface area contributed by atoms with E-state index in [9.17, 15) is 0 Å². The molecule has 1 aliphatic heterocycles. The van der Waals surface area contributed by atoms with Crippen LogP contribution in [0.15, 0.2) is 24.3 Å². The minimum absolute atomic E-state index is 0.103. The van der Waals surface area contributed by atoms with Gasteiger partial charge < -0.3 is 14.2 Å². The molecule has 0 N–H and O–H groups in total. The topological polar surface area (TPSA) is 30.9 Å². The summed E-state index contributed by atoms with van der Waals surface area (Å²) in [6.07, 6.45) is 0.839. The zero-order valence-corrected chi connectivity index (χ0v) is 15.4. The Morgan fingerprint density at radius 1 is 1.18 bits per heavy atom. The van der Waals surface area contributed by atoms with Crippen molar-refractivity contribution in [2.75, 3.05) is 20.8 Å². The molecule has 1 heterocycles. The predicted molar refractivity (Wildman–Crippen MR) is 90.8 cm³/mol. The third-order valence-corrected chi connectivity index (χ3v) is 4.58. The highest BCUT2D eigenvalue weighted by molar-refractivity contribution is 9.09. The van der Waals surface area contributed by atoms with Gasteiger partial charge in [-0.05, 0) is 23.5 Å². The number of alkyl halides is 1. The lowest BCUT2D eigenvalue weighted by molar-refractivity contribution is -0.225. The van der Waals surface area contributed by atoms with E-state index in [2.05, 4.69) is 58.9 Å². The lowest BCUT2D eigenvalue weighted by Crippen LogP contribution is -2.55.